The van der Waals surface area contributed by atoms with E-state index in [1.54, 1.807) is 12.1 Å². The summed E-state index contributed by atoms with van der Waals surface area (Å²) in [5, 5.41) is 0.397. The van der Waals surface area contributed by atoms with Gasteiger partial charge in [-0.1, -0.05) is 29.8 Å². The predicted octanol–water partition coefficient (Wildman–Crippen LogP) is 3.72. The molecule has 2 aromatic carbocycles. The van der Waals surface area contributed by atoms with Gasteiger partial charge in [0.15, 0.2) is 6.61 Å². The summed E-state index contributed by atoms with van der Waals surface area (Å²) in [5.41, 5.74) is 0.686. The summed E-state index contributed by atoms with van der Waals surface area (Å²) < 4.78 is 33.0. The molecule has 0 fully saturated rings. The van der Waals surface area contributed by atoms with Gasteiger partial charge in [0.05, 0.1) is 4.90 Å². The van der Waals surface area contributed by atoms with Crippen LogP contribution in [0.15, 0.2) is 59.5 Å². The Kier molecular flexibility index (Phi) is 10.0. The zero-order chi connectivity index (χ0) is 23.7. The van der Waals surface area contributed by atoms with Crippen molar-refractivity contribution in [2.24, 2.45) is 0 Å². The van der Waals surface area contributed by atoms with E-state index in [1.165, 1.54) is 40.9 Å². The van der Waals surface area contributed by atoms with Crippen molar-refractivity contribution in [2.45, 2.75) is 37.2 Å². The van der Waals surface area contributed by atoms with Crippen molar-refractivity contribution in [3.8, 4) is 0 Å². The lowest BCUT2D eigenvalue weighted by Crippen LogP contribution is -2.44. The van der Waals surface area contributed by atoms with Crippen LogP contribution in [0.3, 0.4) is 0 Å². The van der Waals surface area contributed by atoms with Crippen LogP contribution in [-0.4, -0.2) is 51.0 Å². The molecule has 0 bridgehead atoms. The average Bonchev–Trinajstić information content (AvgIpc) is 2.75. The number of para-hydroxylation sites is 1. The number of esters is 1. The number of halogens is 1. The summed E-state index contributed by atoms with van der Waals surface area (Å²) in [6.45, 7) is 3.22. The Morgan fingerprint density at radius 3 is 2.28 bits per heavy atom. The summed E-state index contributed by atoms with van der Waals surface area (Å²) in [4.78, 5) is 27.0. The normalized spacial score (nSPS) is 12.4. The van der Waals surface area contributed by atoms with E-state index in [9.17, 15) is 18.0 Å². The van der Waals surface area contributed by atoms with Crippen LogP contribution in [0, 0.1) is 0 Å². The molecule has 0 aliphatic carbocycles. The van der Waals surface area contributed by atoms with Crippen molar-refractivity contribution >= 4 is 50.9 Å². The highest BCUT2D eigenvalue weighted by atomic mass is 35.5. The Balaban J connectivity index is 2.10. The maximum Gasteiger partial charge on any atom is 0.324 e. The summed E-state index contributed by atoms with van der Waals surface area (Å²) in [7, 11) is -3.98. The van der Waals surface area contributed by atoms with E-state index in [0.29, 0.717) is 16.5 Å². The van der Waals surface area contributed by atoms with Crippen molar-refractivity contribution in [3.63, 3.8) is 0 Å². The number of hydrogen-bond donors (Lipinski definition) is 1. The second-order valence-corrected chi connectivity index (χ2v) is 10.3. The summed E-state index contributed by atoms with van der Waals surface area (Å²) in [6, 6.07) is 13.4. The molecule has 7 nitrogen and oxygen atoms in total. The summed E-state index contributed by atoms with van der Waals surface area (Å²) in [6.07, 6.45) is 2.06. The fourth-order valence-corrected chi connectivity index (χ4v) is 4.77. The van der Waals surface area contributed by atoms with E-state index >= 15 is 0 Å². The number of benzene rings is 2. The number of anilines is 1. The van der Waals surface area contributed by atoms with Gasteiger partial charge in [-0.2, -0.15) is 16.5 Å². The lowest BCUT2D eigenvalue weighted by Gasteiger charge is -2.27. The number of sulfonamides is 1. The minimum atomic E-state index is -3.98. The van der Waals surface area contributed by atoms with Crippen LogP contribution in [0.1, 0.15) is 20.3 Å². The third-order valence-electron chi connectivity index (χ3n) is 4.47. The van der Waals surface area contributed by atoms with E-state index in [-0.39, 0.29) is 17.4 Å². The van der Waals surface area contributed by atoms with Crippen LogP contribution < -0.4 is 9.62 Å². The molecule has 2 aromatic rings. The Hall–Kier alpha value is -2.07. The maximum absolute atomic E-state index is 12.8. The van der Waals surface area contributed by atoms with E-state index in [2.05, 4.69) is 4.72 Å². The van der Waals surface area contributed by atoms with Crippen molar-refractivity contribution < 1.29 is 22.7 Å². The third kappa shape index (κ3) is 7.51. The Bertz CT molecular complexity index is 999. The monoisotopic (exact) mass is 498 g/mol. The number of nitrogens with zero attached hydrogens (tertiary/aromatic N) is 1. The highest BCUT2D eigenvalue weighted by Gasteiger charge is 2.28. The second-order valence-electron chi connectivity index (χ2n) is 7.21. The molecule has 0 heterocycles. The van der Waals surface area contributed by atoms with Crippen molar-refractivity contribution in [3.05, 3.63) is 59.6 Å². The molecule has 1 atom stereocenters. The summed E-state index contributed by atoms with van der Waals surface area (Å²) >= 11 is 7.29. The van der Waals surface area contributed by atoms with Gasteiger partial charge in [-0.25, -0.2) is 8.42 Å². The molecule has 174 valence electrons. The second kappa shape index (κ2) is 12.2. The molecule has 1 amide bonds. The Labute approximate surface area is 198 Å². The van der Waals surface area contributed by atoms with E-state index < -0.39 is 34.5 Å². The Morgan fingerprint density at radius 2 is 1.72 bits per heavy atom. The number of rotatable bonds is 11. The molecule has 10 heteroatoms. The molecule has 0 unspecified atom stereocenters. The number of carbonyl (C=O) groups is 2. The lowest BCUT2D eigenvalue weighted by molar-refractivity contribution is -0.149. The third-order valence-corrected chi connectivity index (χ3v) is 6.86. The van der Waals surface area contributed by atoms with Crippen LogP contribution >= 0.6 is 23.4 Å². The van der Waals surface area contributed by atoms with Gasteiger partial charge < -0.3 is 9.64 Å². The molecule has 1 N–H and O–H groups in total. The first-order valence-electron chi connectivity index (χ1n) is 9.96. The number of ether oxygens (including phenoxy) is 1. The van der Waals surface area contributed by atoms with Crippen LogP contribution in [-0.2, 0) is 24.3 Å². The average molecular weight is 499 g/mol. The summed E-state index contributed by atoms with van der Waals surface area (Å²) in [5.74, 6) is -0.677. The van der Waals surface area contributed by atoms with Gasteiger partial charge >= 0.3 is 5.97 Å². The maximum atomic E-state index is 12.8. The van der Waals surface area contributed by atoms with E-state index in [1.807, 2.05) is 38.3 Å². The predicted molar refractivity (Wildman–Crippen MR) is 129 cm³/mol. The largest absolute Gasteiger partial charge is 0.454 e. The van der Waals surface area contributed by atoms with Gasteiger partial charge in [-0.3, -0.25) is 9.59 Å². The first-order chi connectivity index (χ1) is 15.2. The van der Waals surface area contributed by atoms with Gasteiger partial charge in [0.1, 0.15) is 6.04 Å². The zero-order valence-corrected chi connectivity index (χ0v) is 20.5. The molecule has 0 spiro atoms. The first-order valence-corrected chi connectivity index (χ1v) is 13.2. The van der Waals surface area contributed by atoms with Gasteiger partial charge in [0.2, 0.25) is 10.0 Å². The smallest absolute Gasteiger partial charge is 0.324 e. The number of amides is 1. The highest BCUT2D eigenvalue weighted by molar-refractivity contribution is 7.98. The standard InChI is InChI=1S/C22H27ClN2O5S2/c1-16(2)25(18-7-5-4-6-8-18)21(26)15-30-22(27)20(13-14-31-3)24-32(28,29)19-11-9-17(23)10-12-19/h4-12,16,20,24H,13-15H2,1-3H3/t20-/m1/s1. The first kappa shape index (κ1) is 26.2. The number of thioether (sulfide) groups is 1. The quantitative estimate of drug-likeness (QED) is 0.474. The fourth-order valence-electron chi connectivity index (χ4n) is 2.95. The van der Waals surface area contributed by atoms with E-state index in [4.69, 9.17) is 16.3 Å². The van der Waals surface area contributed by atoms with Crippen LogP contribution in [0.25, 0.3) is 0 Å². The fraction of sp³-hybridized carbons (Fsp3) is 0.364. The lowest BCUT2D eigenvalue weighted by atomic mass is 10.2. The van der Waals surface area contributed by atoms with Gasteiger partial charge in [0, 0.05) is 16.8 Å². The molecule has 32 heavy (non-hydrogen) atoms. The van der Waals surface area contributed by atoms with E-state index in [0.717, 1.165) is 0 Å². The molecular weight excluding hydrogens is 472 g/mol. The van der Waals surface area contributed by atoms with Crippen molar-refractivity contribution in [1.29, 1.82) is 0 Å². The van der Waals surface area contributed by atoms with Crippen molar-refractivity contribution in [2.75, 3.05) is 23.5 Å². The van der Waals surface area contributed by atoms with Crippen LogP contribution in [0.5, 0.6) is 0 Å². The highest BCUT2D eigenvalue weighted by Crippen LogP contribution is 2.18. The minimum absolute atomic E-state index is 0.0185. The number of carbonyl (C=O) groups excluding carboxylic acids is 2. The van der Waals surface area contributed by atoms with Gasteiger partial charge in [-0.15, -0.1) is 0 Å². The van der Waals surface area contributed by atoms with Crippen molar-refractivity contribution in [1.82, 2.24) is 4.72 Å². The molecular formula is C22H27ClN2O5S2. The molecule has 0 aliphatic rings. The SMILES string of the molecule is CSCC[C@@H](NS(=O)(=O)c1ccc(Cl)cc1)C(=O)OCC(=O)N(c1ccccc1)C(C)C. The minimum Gasteiger partial charge on any atom is -0.454 e. The zero-order valence-electron chi connectivity index (χ0n) is 18.2. The van der Waals surface area contributed by atoms with Gasteiger partial charge in [0.25, 0.3) is 5.91 Å². The molecule has 0 saturated carbocycles. The molecule has 0 aliphatic heterocycles. The number of hydrogen-bond acceptors (Lipinski definition) is 6. The number of nitrogens with one attached hydrogen (secondary N) is 1. The molecule has 2 rings (SSSR count). The molecule has 0 saturated heterocycles. The van der Waals surface area contributed by atoms with Gasteiger partial charge in [-0.05, 0) is 68.7 Å². The molecule has 0 radical (unpaired) electrons. The molecule has 0 aromatic heterocycles. The Morgan fingerprint density at radius 1 is 1.09 bits per heavy atom. The van der Waals surface area contributed by atoms with Crippen LogP contribution in [0.4, 0.5) is 5.69 Å². The topological polar surface area (TPSA) is 92.8 Å². The van der Waals surface area contributed by atoms with Crippen LogP contribution in [0.2, 0.25) is 5.02 Å².